The lowest BCUT2D eigenvalue weighted by atomic mass is 10.0. The lowest BCUT2D eigenvalue weighted by molar-refractivity contribution is 1.31. The van der Waals surface area contributed by atoms with Gasteiger partial charge >= 0.3 is 0 Å². The maximum Gasteiger partial charge on any atom is 0.109 e. The molecule has 0 saturated heterocycles. The highest BCUT2D eigenvalue weighted by Crippen LogP contribution is 2.27. The van der Waals surface area contributed by atoms with Crippen LogP contribution < -0.4 is 0 Å². The first-order valence-corrected chi connectivity index (χ1v) is 5.86. The molecule has 0 aliphatic rings. The van der Waals surface area contributed by atoms with E-state index in [-0.39, 0.29) is 0 Å². The van der Waals surface area contributed by atoms with Gasteiger partial charge in [0.25, 0.3) is 0 Å². The molecule has 1 nitrogen and oxygen atoms in total. The molecule has 0 fully saturated rings. The summed E-state index contributed by atoms with van der Waals surface area (Å²) in [6, 6.07) is 14.8. The van der Waals surface area contributed by atoms with Crippen LogP contribution in [-0.4, -0.2) is 4.98 Å². The molecule has 1 aromatic heterocycles. The van der Waals surface area contributed by atoms with Crippen molar-refractivity contribution in [2.75, 3.05) is 0 Å². The molecule has 1 heterocycles. The Morgan fingerprint density at radius 3 is 2.60 bits per heavy atom. The average molecular weight is 305 g/mol. The topological polar surface area (TPSA) is 12.9 Å². The summed E-state index contributed by atoms with van der Waals surface area (Å²) < 4.78 is 1.07. The molecular formula is C13H8IN. The predicted octanol–water partition coefficient (Wildman–Crippen LogP) is 3.99. The van der Waals surface area contributed by atoms with Crippen LogP contribution in [0.4, 0.5) is 0 Å². The van der Waals surface area contributed by atoms with E-state index in [9.17, 15) is 0 Å². The van der Waals surface area contributed by atoms with Crippen molar-refractivity contribution in [3.63, 3.8) is 0 Å². The van der Waals surface area contributed by atoms with E-state index in [4.69, 9.17) is 0 Å². The van der Waals surface area contributed by atoms with E-state index in [0.717, 1.165) is 3.70 Å². The Kier molecular flexibility index (Phi) is 2.09. The molecular weight excluding hydrogens is 297 g/mol. The van der Waals surface area contributed by atoms with Crippen molar-refractivity contribution in [3.05, 3.63) is 52.4 Å². The molecule has 0 aliphatic carbocycles. The molecule has 2 heteroatoms. The highest BCUT2D eigenvalue weighted by atomic mass is 127. The molecule has 0 unspecified atom stereocenters. The van der Waals surface area contributed by atoms with E-state index in [1.807, 2.05) is 6.20 Å². The van der Waals surface area contributed by atoms with Crippen molar-refractivity contribution in [2.45, 2.75) is 0 Å². The third kappa shape index (κ3) is 1.40. The van der Waals surface area contributed by atoms with Crippen molar-refractivity contribution in [1.82, 2.24) is 4.98 Å². The van der Waals surface area contributed by atoms with Crippen LogP contribution in [0.5, 0.6) is 0 Å². The number of halogens is 1. The number of hydrogen-bond acceptors (Lipinski definition) is 1. The minimum absolute atomic E-state index is 1.07. The molecule has 0 N–H and O–H groups in total. The van der Waals surface area contributed by atoms with E-state index in [1.54, 1.807) is 0 Å². The molecule has 0 saturated carbocycles. The summed E-state index contributed by atoms with van der Waals surface area (Å²) >= 11 is 2.30. The fraction of sp³-hybridized carbons (Fsp3) is 0. The van der Waals surface area contributed by atoms with Gasteiger partial charge in [0.1, 0.15) is 3.70 Å². The largest absolute Gasteiger partial charge is 0.250 e. The smallest absolute Gasteiger partial charge is 0.109 e. The standard InChI is InChI=1S/C13H8IN/c14-13-12-10(7-8-15-13)6-5-9-3-1-2-4-11(9)12/h1-8H. The van der Waals surface area contributed by atoms with Crippen LogP contribution in [0.3, 0.4) is 0 Å². The van der Waals surface area contributed by atoms with Gasteiger partial charge < -0.3 is 0 Å². The zero-order chi connectivity index (χ0) is 10.3. The summed E-state index contributed by atoms with van der Waals surface area (Å²) in [6.45, 7) is 0. The summed E-state index contributed by atoms with van der Waals surface area (Å²) in [7, 11) is 0. The molecule has 0 atom stereocenters. The number of rotatable bonds is 0. The van der Waals surface area contributed by atoms with Crippen molar-refractivity contribution in [2.24, 2.45) is 0 Å². The fourth-order valence-electron chi connectivity index (χ4n) is 1.91. The number of nitrogens with zero attached hydrogens (tertiary/aromatic N) is 1. The second kappa shape index (κ2) is 3.45. The van der Waals surface area contributed by atoms with Crippen LogP contribution in [0.25, 0.3) is 21.5 Å². The molecule has 2 aromatic carbocycles. The first-order chi connectivity index (χ1) is 7.36. The Balaban J connectivity index is 2.64. The zero-order valence-electron chi connectivity index (χ0n) is 7.94. The number of fused-ring (bicyclic) bond motifs is 3. The van der Waals surface area contributed by atoms with Crippen LogP contribution >= 0.6 is 22.6 Å². The van der Waals surface area contributed by atoms with Crippen molar-refractivity contribution in [3.8, 4) is 0 Å². The van der Waals surface area contributed by atoms with Gasteiger partial charge in [-0.3, -0.25) is 0 Å². The second-order valence-corrected chi connectivity index (χ2v) is 4.51. The van der Waals surface area contributed by atoms with Gasteiger partial charge in [-0.1, -0.05) is 36.4 Å². The van der Waals surface area contributed by atoms with Gasteiger partial charge in [-0.05, 0) is 44.8 Å². The van der Waals surface area contributed by atoms with Crippen LogP contribution in [0, 0.1) is 3.70 Å². The first kappa shape index (κ1) is 9.09. The van der Waals surface area contributed by atoms with Crippen LogP contribution in [0.15, 0.2) is 48.7 Å². The molecule has 15 heavy (non-hydrogen) atoms. The van der Waals surface area contributed by atoms with E-state index in [2.05, 4.69) is 70.0 Å². The first-order valence-electron chi connectivity index (χ1n) is 4.78. The SMILES string of the molecule is Ic1nccc2ccc3ccccc3c12. The van der Waals surface area contributed by atoms with Crippen molar-refractivity contribution < 1.29 is 0 Å². The van der Waals surface area contributed by atoms with Gasteiger partial charge in [0.2, 0.25) is 0 Å². The van der Waals surface area contributed by atoms with Gasteiger partial charge in [-0.2, -0.15) is 0 Å². The van der Waals surface area contributed by atoms with Crippen LogP contribution in [-0.2, 0) is 0 Å². The maximum atomic E-state index is 4.34. The lowest BCUT2D eigenvalue weighted by Crippen LogP contribution is -1.84. The van der Waals surface area contributed by atoms with Crippen molar-refractivity contribution >= 4 is 44.1 Å². The Morgan fingerprint density at radius 1 is 0.867 bits per heavy atom. The van der Waals surface area contributed by atoms with Gasteiger partial charge in [0.15, 0.2) is 0 Å². The number of hydrogen-bond donors (Lipinski definition) is 0. The molecule has 3 aromatic rings. The Labute approximate surface area is 101 Å². The van der Waals surface area contributed by atoms with Gasteiger partial charge in [0.05, 0.1) is 0 Å². The highest BCUT2D eigenvalue weighted by Gasteiger charge is 2.03. The summed E-state index contributed by atoms with van der Waals surface area (Å²) in [5.74, 6) is 0. The quantitative estimate of drug-likeness (QED) is 0.348. The zero-order valence-corrected chi connectivity index (χ0v) is 10.1. The number of pyridine rings is 1. The molecule has 3 rings (SSSR count). The molecule has 0 amide bonds. The second-order valence-electron chi connectivity index (χ2n) is 3.49. The third-order valence-corrected chi connectivity index (χ3v) is 3.43. The minimum Gasteiger partial charge on any atom is -0.250 e. The average Bonchev–Trinajstić information content (AvgIpc) is 2.29. The van der Waals surface area contributed by atoms with Gasteiger partial charge in [-0.15, -0.1) is 0 Å². The Bertz CT molecular complexity index is 646. The Morgan fingerprint density at radius 2 is 1.67 bits per heavy atom. The van der Waals surface area contributed by atoms with E-state index >= 15 is 0 Å². The summed E-state index contributed by atoms with van der Waals surface area (Å²) in [5, 5.41) is 5.08. The minimum atomic E-state index is 1.07. The monoisotopic (exact) mass is 305 g/mol. The van der Waals surface area contributed by atoms with E-state index in [0.29, 0.717) is 0 Å². The molecule has 0 spiro atoms. The highest BCUT2D eigenvalue weighted by molar-refractivity contribution is 14.1. The third-order valence-electron chi connectivity index (χ3n) is 2.61. The van der Waals surface area contributed by atoms with Crippen LogP contribution in [0.1, 0.15) is 0 Å². The molecule has 0 aliphatic heterocycles. The Hall–Kier alpha value is -1.16. The summed E-state index contributed by atoms with van der Waals surface area (Å²) in [5.41, 5.74) is 0. The summed E-state index contributed by atoms with van der Waals surface area (Å²) in [4.78, 5) is 4.34. The van der Waals surface area contributed by atoms with Crippen LogP contribution in [0.2, 0.25) is 0 Å². The van der Waals surface area contributed by atoms with Crippen molar-refractivity contribution in [1.29, 1.82) is 0 Å². The number of benzene rings is 2. The fourth-order valence-corrected chi connectivity index (χ4v) is 2.67. The van der Waals surface area contributed by atoms with E-state index < -0.39 is 0 Å². The molecule has 0 radical (unpaired) electrons. The molecule has 72 valence electrons. The maximum absolute atomic E-state index is 4.34. The lowest BCUT2D eigenvalue weighted by Gasteiger charge is -2.04. The predicted molar refractivity (Wildman–Crippen MR) is 72.0 cm³/mol. The van der Waals surface area contributed by atoms with Gasteiger partial charge in [-0.25, -0.2) is 4.98 Å². The molecule has 0 bridgehead atoms. The summed E-state index contributed by atoms with van der Waals surface area (Å²) in [6.07, 6.45) is 1.86. The number of aromatic nitrogens is 1. The van der Waals surface area contributed by atoms with Gasteiger partial charge in [0, 0.05) is 11.6 Å². The van der Waals surface area contributed by atoms with E-state index in [1.165, 1.54) is 21.5 Å². The normalized spacial score (nSPS) is 11.0.